The highest BCUT2D eigenvalue weighted by molar-refractivity contribution is 5.97. The van der Waals surface area contributed by atoms with Gasteiger partial charge < -0.3 is 9.64 Å². The molecule has 0 heterocycles. The summed E-state index contributed by atoms with van der Waals surface area (Å²) in [6.45, 7) is -0.232. The molecule has 2 aliphatic carbocycles. The zero-order valence-corrected chi connectivity index (χ0v) is 13.1. The molecule has 0 spiro atoms. The molecule has 124 valence electrons. The van der Waals surface area contributed by atoms with Crippen molar-refractivity contribution in [2.75, 3.05) is 20.7 Å². The molecule has 6 heteroatoms. The number of amides is 1. The normalized spacial score (nSPS) is 22.6. The summed E-state index contributed by atoms with van der Waals surface area (Å²) in [5.41, 5.74) is 0.887. The minimum atomic E-state index is -1.10. The number of hydrogen-bond acceptors (Lipinski definition) is 3. The minimum absolute atomic E-state index is 0.142. The second-order valence-electron chi connectivity index (χ2n) is 6.30. The summed E-state index contributed by atoms with van der Waals surface area (Å²) in [6, 6.07) is 3.18. The van der Waals surface area contributed by atoms with Crippen LogP contribution < -0.4 is 0 Å². The van der Waals surface area contributed by atoms with E-state index in [-0.39, 0.29) is 30.0 Å². The predicted molar refractivity (Wildman–Crippen MR) is 79.6 cm³/mol. The molecule has 2 fully saturated rings. The molecule has 23 heavy (non-hydrogen) atoms. The van der Waals surface area contributed by atoms with Gasteiger partial charge >= 0.3 is 5.97 Å². The first-order valence-electron chi connectivity index (χ1n) is 7.72. The van der Waals surface area contributed by atoms with E-state index in [0.29, 0.717) is 5.56 Å². The van der Waals surface area contributed by atoms with Crippen molar-refractivity contribution in [2.45, 2.75) is 37.3 Å². The number of hydrogen-bond donors (Lipinski definition) is 0. The lowest BCUT2D eigenvalue weighted by molar-refractivity contribution is -0.141. The van der Waals surface area contributed by atoms with Gasteiger partial charge in [0.15, 0.2) is 0 Å². The summed E-state index contributed by atoms with van der Waals surface area (Å²) >= 11 is 0. The van der Waals surface area contributed by atoms with E-state index in [0.717, 1.165) is 17.7 Å². The molecule has 0 radical (unpaired) electrons. The summed E-state index contributed by atoms with van der Waals surface area (Å²) in [6.07, 6.45) is 0.994. The second kappa shape index (κ2) is 5.91. The van der Waals surface area contributed by atoms with Gasteiger partial charge in [0.1, 0.15) is 18.5 Å². The Balaban J connectivity index is 1.93. The fraction of sp³-hybridized carbons (Fsp3) is 0.529. The number of esters is 1. The lowest BCUT2D eigenvalue weighted by Gasteiger charge is -2.19. The van der Waals surface area contributed by atoms with Crippen molar-refractivity contribution in [3.63, 3.8) is 0 Å². The van der Waals surface area contributed by atoms with Crippen LogP contribution in [0.5, 0.6) is 0 Å². The maximum absolute atomic E-state index is 14.8. The number of benzene rings is 1. The quantitative estimate of drug-likeness (QED) is 0.783. The van der Waals surface area contributed by atoms with Crippen molar-refractivity contribution in [3.8, 4) is 0 Å². The summed E-state index contributed by atoms with van der Waals surface area (Å²) < 4.78 is 32.9. The van der Waals surface area contributed by atoms with E-state index < -0.39 is 29.8 Å². The third-order valence-corrected chi connectivity index (χ3v) is 4.48. The van der Waals surface area contributed by atoms with Crippen LogP contribution in [-0.4, -0.2) is 43.7 Å². The minimum Gasteiger partial charge on any atom is -0.468 e. The first-order chi connectivity index (χ1) is 10.9. The number of nitrogens with zero attached hydrogens (tertiary/aromatic N) is 1. The molecule has 1 aromatic carbocycles. The number of carbonyl (C=O) groups excluding carboxylic acids is 2. The first-order valence-corrected chi connectivity index (χ1v) is 7.72. The van der Waals surface area contributed by atoms with E-state index in [2.05, 4.69) is 4.74 Å². The van der Waals surface area contributed by atoms with Crippen LogP contribution in [0.1, 0.15) is 52.6 Å². The van der Waals surface area contributed by atoms with Gasteiger partial charge in [-0.15, -0.1) is 0 Å². The van der Waals surface area contributed by atoms with E-state index in [1.54, 1.807) is 12.1 Å². The molecule has 2 saturated carbocycles. The molecule has 1 aromatic rings. The first kappa shape index (κ1) is 15.9. The van der Waals surface area contributed by atoms with E-state index in [1.807, 2.05) is 0 Å². The highest BCUT2D eigenvalue weighted by Gasteiger charge is 2.44. The molecule has 4 nitrogen and oxygen atoms in total. The van der Waals surface area contributed by atoms with Crippen molar-refractivity contribution < 1.29 is 23.1 Å². The molecular weight excluding hydrogens is 304 g/mol. The second-order valence-corrected chi connectivity index (χ2v) is 6.30. The van der Waals surface area contributed by atoms with E-state index in [9.17, 15) is 18.4 Å². The van der Waals surface area contributed by atoms with Crippen LogP contribution in [0.15, 0.2) is 12.1 Å². The van der Waals surface area contributed by atoms with Crippen molar-refractivity contribution in [3.05, 3.63) is 34.6 Å². The van der Waals surface area contributed by atoms with Crippen molar-refractivity contribution in [1.82, 2.24) is 4.90 Å². The van der Waals surface area contributed by atoms with E-state index >= 15 is 0 Å². The van der Waals surface area contributed by atoms with Gasteiger partial charge in [-0.3, -0.25) is 9.59 Å². The van der Waals surface area contributed by atoms with Crippen LogP contribution in [0.2, 0.25) is 0 Å². The van der Waals surface area contributed by atoms with Crippen LogP contribution >= 0.6 is 0 Å². The number of likely N-dealkylation sites (N-methyl/N-ethyl adjacent to an activating group) is 1. The Morgan fingerprint density at radius 2 is 2.00 bits per heavy atom. The Kier molecular flexibility index (Phi) is 4.08. The number of halogens is 2. The summed E-state index contributed by atoms with van der Waals surface area (Å²) in [4.78, 5) is 25.0. The Bertz CT molecular complexity index is 657. The predicted octanol–water partition coefficient (Wildman–Crippen LogP) is 2.77. The molecule has 2 atom stereocenters. The Morgan fingerprint density at radius 1 is 1.35 bits per heavy atom. The Hall–Kier alpha value is -1.98. The molecule has 2 aliphatic rings. The zero-order chi connectivity index (χ0) is 16.7. The average Bonchev–Trinajstić information content (AvgIpc) is 3.43. The molecule has 0 unspecified atom stereocenters. The van der Waals surface area contributed by atoms with Gasteiger partial charge in [0.2, 0.25) is 0 Å². The molecule has 0 aromatic heterocycles. The third kappa shape index (κ3) is 3.07. The molecule has 0 bridgehead atoms. The highest BCUT2D eigenvalue weighted by atomic mass is 19.1. The van der Waals surface area contributed by atoms with Gasteiger partial charge in [0.05, 0.1) is 7.11 Å². The van der Waals surface area contributed by atoms with Crippen LogP contribution in [0.25, 0.3) is 0 Å². The Labute approximate surface area is 133 Å². The number of alkyl halides is 1. The summed E-state index contributed by atoms with van der Waals surface area (Å²) in [5, 5.41) is 0. The van der Waals surface area contributed by atoms with Crippen LogP contribution in [0.4, 0.5) is 8.78 Å². The van der Waals surface area contributed by atoms with E-state index in [4.69, 9.17) is 0 Å². The van der Waals surface area contributed by atoms with Gasteiger partial charge in [0.25, 0.3) is 5.91 Å². The van der Waals surface area contributed by atoms with Crippen LogP contribution in [0.3, 0.4) is 0 Å². The molecule has 0 N–H and O–H groups in total. The van der Waals surface area contributed by atoms with Crippen molar-refractivity contribution in [2.24, 2.45) is 0 Å². The molecule has 3 rings (SSSR count). The van der Waals surface area contributed by atoms with Crippen molar-refractivity contribution in [1.29, 1.82) is 0 Å². The maximum Gasteiger partial charge on any atom is 0.325 e. The molecule has 0 saturated heterocycles. The van der Waals surface area contributed by atoms with E-state index in [1.165, 1.54) is 14.2 Å². The van der Waals surface area contributed by atoms with Gasteiger partial charge in [-0.2, -0.15) is 0 Å². The topological polar surface area (TPSA) is 46.6 Å². The van der Waals surface area contributed by atoms with Gasteiger partial charge in [0, 0.05) is 24.1 Å². The maximum atomic E-state index is 14.8. The SMILES string of the molecule is COC(=O)CN(C)C(=O)c1ccc(C2CC2)c(F)c1[C@@H]1C[C@H]1F. The standard InChI is InChI=1S/C17H19F2NO3/c1-20(8-14(21)23-2)17(22)11-6-5-10(9-3-4-9)16(19)15(11)12-7-13(12)18/h5-6,9,12-13H,3-4,7-8H2,1-2H3/t12-,13-/m1/s1. The lowest BCUT2D eigenvalue weighted by atomic mass is 9.96. The molecule has 0 aliphatic heterocycles. The number of ether oxygens (including phenoxy) is 1. The largest absolute Gasteiger partial charge is 0.468 e. The third-order valence-electron chi connectivity index (χ3n) is 4.48. The summed E-state index contributed by atoms with van der Waals surface area (Å²) in [5.74, 6) is -1.88. The lowest BCUT2D eigenvalue weighted by Crippen LogP contribution is -2.33. The van der Waals surface area contributed by atoms with Crippen molar-refractivity contribution >= 4 is 11.9 Å². The zero-order valence-electron chi connectivity index (χ0n) is 13.1. The monoisotopic (exact) mass is 323 g/mol. The number of methoxy groups -OCH3 is 1. The fourth-order valence-electron chi connectivity index (χ4n) is 2.87. The van der Waals surface area contributed by atoms with Gasteiger partial charge in [-0.25, -0.2) is 8.78 Å². The summed E-state index contributed by atoms with van der Waals surface area (Å²) in [7, 11) is 2.67. The number of rotatable bonds is 5. The van der Waals surface area contributed by atoms with Gasteiger partial charge in [-0.1, -0.05) is 6.07 Å². The fourth-order valence-corrected chi connectivity index (χ4v) is 2.87. The average molecular weight is 323 g/mol. The Morgan fingerprint density at radius 3 is 2.52 bits per heavy atom. The number of carbonyl (C=O) groups is 2. The van der Waals surface area contributed by atoms with Crippen LogP contribution in [0, 0.1) is 5.82 Å². The smallest absolute Gasteiger partial charge is 0.325 e. The molecule has 1 amide bonds. The van der Waals surface area contributed by atoms with Gasteiger partial charge in [-0.05, 0) is 36.8 Å². The van der Waals surface area contributed by atoms with Crippen LogP contribution in [-0.2, 0) is 9.53 Å². The molecular formula is C17H19F2NO3. The highest BCUT2D eigenvalue weighted by Crippen LogP contribution is 2.49.